The molecule has 0 N–H and O–H groups in total. The summed E-state index contributed by atoms with van der Waals surface area (Å²) in [6, 6.07) is 14.5. The Kier molecular flexibility index (Phi) is 5.08. The molecule has 0 aliphatic carbocycles. The molecule has 2 aromatic rings. The van der Waals surface area contributed by atoms with Gasteiger partial charge in [0.15, 0.2) is 11.5 Å². The van der Waals surface area contributed by atoms with Crippen LogP contribution in [0.15, 0.2) is 53.4 Å². The van der Waals surface area contributed by atoms with Crippen molar-refractivity contribution in [2.75, 3.05) is 26.3 Å². The molecule has 0 saturated carbocycles. The number of rotatable bonds is 3. The van der Waals surface area contributed by atoms with Gasteiger partial charge in [0.05, 0.1) is 30.3 Å². The van der Waals surface area contributed by atoms with Crippen molar-refractivity contribution in [2.45, 2.75) is 30.4 Å². The number of nitrogens with zero attached hydrogens (tertiary/aromatic N) is 1. The predicted octanol–water partition coefficient (Wildman–Crippen LogP) is 3.00. The lowest BCUT2D eigenvalue weighted by atomic mass is 10.1. The number of morpholine rings is 1. The van der Waals surface area contributed by atoms with Crippen LogP contribution in [-0.4, -0.2) is 45.1 Å². The minimum Gasteiger partial charge on any atom is -0.490 e. The summed E-state index contributed by atoms with van der Waals surface area (Å²) in [7, 11) is -3.66. The van der Waals surface area contributed by atoms with E-state index in [1.165, 1.54) is 4.31 Å². The van der Waals surface area contributed by atoms with Gasteiger partial charge in [-0.05, 0) is 24.6 Å². The van der Waals surface area contributed by atoms with Crippen LogP contribution in [0.25, 0.3) is 0 Å². The molecule has 0 radical (unpaired) electrons. The van der Waals surface area contributed by atoms with Crippen LogP contribution in [0.5, 0.6) is 11.5 Å². The molecule has 1 saturated heterocycles. The Morgan fingerprint density at radius 3 is 2.48 bits per heavy atom. The van der Waals surface area contributed by atoms with Crippen LogP contribution in [0, 0.1) is 0 Å². The van der Waals surface area contributed by atoms with Gasteiger partial charge in [-0.2, -0.15) is 4.31 Å². The van der Waals surface area contributed by atoms with Gasteiger partial charge in [-0.25, -0.2) is 8.42 Å². The molecule has 2 aromatic carbocycles. The molecule has 144 valence electrons. The van der Waals surface area contributed by atoms with Gasteiger partial charge in [0.2, 0.25) is 10.0 Å². The molecule has 0 spiro atoms. The maximum Gasteiger partial charge on any atom is 0.243 e. The molecule has 2 atom stereocenters. The van der Waals surface area contributed by atoms with Gasteiger partial charge in [-0.15, -0.1) is 0 Å². The molecule has 27 heavy (non-hydrogen) atoms. The average Bonchev–Trinajstić information content (AvgIpc) is 2.93. The Balaban J connectivity index is 1.62. The minimum absolute atomic E-state index is 0.195. The van der Waals surface area contributed by atoms with Gasteiger partial charge >= 0.3 is 0 Å². The Hall–Kier alpha value is -2.09. The van der Waals surface area contributed by atoms with Gasteiger partial charge in [-0.1, -0.05) is 30.3 Å². The van der Waals surface area contributed by atoms with Crippen LogP contribution in [0.1, 0.15) is 25.0 Å². The van der Waals surface area contributed by atoms with Crippen molar-refractivity contribution in [1.29, 1.82) is 0 Å². The van der Waals surface area contributed by atoms with Crippen molar-refractivity contribution >= 4 is 10.0 Å². The topological polar surface area (TPSA) is 65.1 Å². The molecule has 0 amide bonds. The van der Waals surface area contributed by atoms with Gasteiger partial charge < -0.3 is 14.2 Å². The van der Waals surface area contributed by atoms with E-state index in [2.05, 4.69) is 0 Å². The smallest absolute Gasteiger partial charge is 0.243 e. The fourth-order valence-electron chi connectivity index (χ4n) is 3.41. The van der Waals surface area contributed by atoms with Gasteiger partial charge in [0.25, 0.3) is 0 Å². The summed E-state index contributed by atoms with van der Waals surface area (Å²) in [6.07, 6.45) is 0.292. The second kappa shape index (κ2) is 7.50. The monoisotopic (exact) mass is 389 g/mol. The van der Waals surface area contributed by atoms with Crippen molar-refractivity contribution in [1.82, 2.24) is 4.31 Å². The first-order valence-corrected chi connectivity index (χ1v) is 10.6. The molecule has 0 bridgehead atoms. The first kappa shape index (κ1) is 18.3. The number of ether oxygens (including phenoxy) is 3. The van der Waals surface area contributed by atoms with E-state index >= 15 is 0 Å². The molecule has 2 unspecified atom stereocenters. The lowest BCUT2D eigenvalue weighted by molar-refractivity contribution is -0.0557. The Bertz CT molecular complexity index is 900. The lowest BCUT2D eigenvalue weighted by Gasteiger charge is -2.36. The van der Waals surface area contributed by atoms with E-state index in [-0.39, 0.29) is 23.6 Å². The first-order valence-electron chi connectivity index (χ1n) is 9.14. The highest BCUT2D eigenvalue weighted by molar-refractivity contribution is 7.89. The zero-order valence-corrected chi connectivity index (χ0v) is 16.0. The van der Waals surface area contributed by atoms with E-state index in [4.69, 9.17) is 14.2 Å². The molecular formula is C20H23NO5S. The molecule has 1 fully saturated rings. The standard InChI is InChI=1S/C20H23NO5S/c1-15-13-21(14-20(26-15)16-6-3-2-4-7-16)27(22,23)17-8-9-18-19(12-17)25-11-5-10-24-18/h2-4,6-9,12,15,20H,5,10-11,13-14H2,1H3. The maximum absolute atomic E-state index is 13.3. The Morgan fingerprint density at radius 1 is 0.963 bits per heavy atom. The largest absolute Gasteiger partial charge is 0.490 e. The van der Waals surface area contributed by atoms with E-state index in [0.29, 0.717) is 31.3 Å². The van der Waals surface area contributed by atoms with E-state index in [1.54, 1.807) is 18.2 Å². The highest BCUT2D eigenvalue weighted by Gasteiger charge is 2.35. The van der Waals surface area contributed by atoms with E-state index in [0.717, 1.165) is 12.0 Å². The molecule has 2 heterocycles. The molecule has 2 aliphatic rings. The fraction of sp³-hybridized carbons (Fsp3) is 0.400. The summed E-state index contributed by atoms with van der Waals surface area (Å²) >= 11 is 0. The molecule has 4 rings (SSSR count). The van der Waals surface area contributed by atoms with Crippen molar-refractivity contribution in [3.05, 3.63) is 54.1 Å². The van der Waals surface area contributed by atoms with Crippen molar-refractivity contribution in [2.24, 2.45) is 0 Å². The van der Waals surface area contributed by atoms with Crippen molar-refractivity contribution in [3.63, 3.8) is 0 Å². The average molecular weight is 389 g/mol. The molecular weight excluding hydrogens is 366 g/mol. The lowest BCUT2D eigenvalue weighted by Crippen LogP contribution is -2.45. The van der Waals surface area contributed by atoms with Crippen LogP contribution in [0.2, 0.25) is 0 Å². The Labute approximate surface area is 159 Å². The maximum atomic E-state index is 13.3. The minimum atomic E-state index is -3.66. The van der Waals surface area contributed by atoms with E-state index in [1.807, 2.05) is 37.3 Å². The molecule has 6 nitrogen and oxygen atoms in total. The third-order valence-electron chi connectivity index (χ3n) is 4.75. The summed E-state index contributed by atoms with van der Waals surface area (Å²) in [6.45, 7) is 3.58. The quantitative estimate of drug-likeness (QED) is 0.807. The van der Waals surface area contributed by atoms with Crippen molar-refractivity contribution in [3.8, 4) is 11.5 Å². The zero-order valence-electron chi connectivity index (χ0n) is 15.2. The zero-order chi connectivity index (χ0) is 18.9. The number of fused-ring (bicyclic) bond motifs is 1. The summed E-state index contributed by atoms with van der Waals surface area (Å²) in [5.41, 5.74) is 0.975. The van der Waals surface area contributed by atoms with Crippen LogP contribution >= 0.6 is 0 Å². The Morgan fingerprint density at radius 2 is 1.70 bits per heavy atom. The summed E-state index contributed by atoms with van der Waals surface area (Å²) in [5, 5.41) is 0. The van der Waals surface area contributed by atoms with Crippen LogP contribution in [0.4, 0.5) is 0 Å². The second-order valence-corrected chi connectivity index (χ2v) is 8.76. The first-order chi connectivity index (χ1) is 13.0. The number of hydrogen-bond donors (Lipinski definition) is 0. The van der Waals surface area contributed by atoms with Crippen LogP contribution in [-0.2, 0) is 14.8 Å². The SMILES string of the molecule is CC1CN(S(=O)(=O)c2ccc3c(c2)OCCCO3)CC(c2ccccc2)O1. The van der Waals surface area contributed by atoms with Gasteiger partial charge in [-0.3, -0.25) is 0 Å². The summed E-state index contributed by atoms with van der Waals surface area (Å²) in [5.74, 6) is 1.07. The third-order valence-corrected chi connectivity index (χ3v) is 6.58. The highest BCUT2D eigenvalue weighted by Crippen LogP contribution is 2.34. The summed E-state index contributed by atoms with van der Waals surface area (Å²) < 4.78 is 45.2. The van der Waals surface area contributed by atoms with E-state index < -0.39 is 10.0 Å². The third kappa shape index (κ3) is 3.81. The number of sulfonamides is 1. The van der Waals surface area contributed by atoms with E-state index in [9.17, 15) is 8.42 Å². The van der Waals surface area contributed by atoms with Crippen LogP contribution in [0.3, 0.4) is 0 Å². The second-order valence-electron chi connectivity index (χ2n) is 6.83. The normalized spacial score (nSPS) is 23.6. The predicted molar refractivity (Wildman–Crippen MR) is 101 cm³/mol. The van der Waals surface area contributed by atoms with Gasteiger partial charge in [0.1, 0.15) is 0 Å². The number of benzene rings is 2. The molecule has 2 aliphatic heterocycles. The fourth-order valence-corrected chi connectivity index (χ4v) is 4.95. The summed E-state index contributed by atoms with van der Waals surface area (Å²) in [4.78, 5) is 0.215. The van der Waals surface area contributed by atoms with Gasteiger partial charge in [0, 0.05) is 25.6 Å². The number of hydrogen-bond acceptors (Lipinski definition) is 5. The van der Waals surface area contributed by atoms with Crippen molar-refractivity contribution < 1.29 is 22.6 Å². The molecule has 0 aromatic heterocycles. The molecule has 7 heteroatoms. The van der Waals surface area contributed by atoms with Crippen LogP contribution < -0.4 is 9.47 Å². The highest BCUT2D eigenvalue weighted by atomic mass is 32.2.